The molecule has 6 rings (SSSR count). The topological polar surface area (TPSA) is 281 Å². The molecule has 9 N–H and O–H groups in total. The molecule has 0 aliphatic heterocycles. The third-order valence-electron chi connectivity index (χ3n) is 7.55. The number of anilines is 3. The number of phenols is 1. The van der Waals surface area contributed by atoms with Gasteiger partial charge in [0.15, 0.2) is 5.75 Å². The molecule has 264 valence electrons. The van der Waals surface area contributed by atoms with Crippen LogP contribution in [-0.2, 0) is 20.2 Å². The first-order chi connectivity index (χ1) is 24.7. The number of nitrogen functional groups attached to an aromatic ring is 3. The van der Waals surface area contributed by atoms with Gasteiger partial charge in [-0.2, -0.15) is 32.2 Å². The molecule has 54 heavy (non-hydrogen) atoms. The fourth-order valence-electron chi connectivity index (χ4n) is 5.03. The smallest absolute Gasteiger partial charge is 0.296 e. The van der Waals surface area contributed by atoms with Crippen molar-refractivity contribution in [3.63, 3.8) is 0 Å². The van der Waals surface area contributed by atoms with Gasteiger partial charge in [0.05, 0.1) is 33.8 Å². The number of azo groups is 3. The van der Waals surface area contributed by atoms with E-state index in [0.717, 1.165) is 23.3 Å². The maximum atomic E-state index is 12.4. The molecule has 0 unspecified atom stereocenters. The van der Waals surface area contributed by atoms with Crippen molar-refractivity contribution in [1.29, 1.82) is 0 Å². The van der Waals surface area contributed by atoms with Crippen molar-refractivity contribution < 1.29 is 31.0 Å². The van der Waals surface area contributed by atoms with E-state index in [-0.39, 0.29) is 75.6 Å². The van der Waals surface area contributed by atoms with Crippen LogP contribution in [-0.4, -0.2) is 90.2 Å². The van der Waals surface area contributed by atoms with Gasteiger partial charge in [-0.25, -0.2) is 0 Å². The van der Waals surface area contributed by atoms with Gasteiger partial charge in [0.25, 0.3) is 20.2 Å². The Balaban J connectivity index is 0.00000325. The average Bonchev–Trinajstić information content (AvgIpc) is 3.10. The van der Waals surface area contributed by atoms with Gasteiger partial charge in [-0.1, -0.05) is 42.5 Å². The van der Waals surface area contributed by atoms with Crippen molar-refractivity contribution in [3.05, 3.63) is 109 Å². The molecule has 6 aromatic rings. The number of fused-ring (bicyclic) bond motifs is 1. The molecular formula is C34H27N9Na2O7S2. The largest absolute Gasteiger partial charge is 0.505 e. The van der Waals surface area contributed by atoms with Crippen LogP contribution in [0.1, 0.15) is 0 Å². The first-order valence-corrected chi connectivity index (χ1v) is 17.8. The molecule has 0 saturated carbocycles. The molecule has 0 bridgehead atoms. The molecule has 0 aromatic heterocycles. The van der Waals surface area contributed by atoms with Crippen molar-refractivity contribution in [2.75, 3.05) is 17.2 Å². The number of hydrogen-bond donors (Lipinski definition) is 6. The summed E-state index contributed by atoms with van der Waals surface area (Å²) in [5.41, 5.74) is 20.4. The minimum absolute atomic E-state index is 0. The van der Waals surface area contributed by atoms with Crippen molar-refractivity contribution >= 4 is 141 Å². The number of phenolic OH excluding ortho intramolecular Hbond substituents is 1. The standard InChI is InChI=1S/C34H27N9O7S2.2Na/c35-22-10-15-27(26(36)18-22)41-38-24-11-6-19(7-12-24)20-8-13-25(14-9-20)40-42-32-28(51(45,46)47)16-21-17-29(52(48,49)50)33(34(44)30(21)31(32)37)43-39-23-4-2-1-3-5-23;;/h1-18,44H,35-37H2,(H,45,46,47)(H,48,49,50);;. The van der Waals surface area contributed by atoms with Gasteiger partial charge in [0.1, 0.15) is 26.9 Å². The number of nitrogens with zero attached hydrogens (tertiary/aromatic N) is 6. The van der Waals surface area contributed by atoms with Crippen molar-refractivity contribution in [3.8, 4) is 16.9 Å². The Morgan fingerprint density at radius 1 is 0.519 bits per heavy atom. The van der Waals surface area contributed by atoms with Crippen molar-refractivity contribution in [2.24, 2.45) is 30.7 Å². The van der Waals surface area contributed by atoms with E-state index in [1.807, 2.05) is 12.1 Å². The fraction of sp³-hybridized carbons (Fsp3) is 0. The monoisotopic (exact) mass is 783 g/mol. The van der Waals surface area contributed by atoms with Gasteiger partial charge in [0, 0.05) is 64.8 Å². The first-order valence-electron chi connectivity index (χ1n) is 14.9. The number of rotatable bonds is 9. The van der Waals surface area contributed by atoms with Crippen LogP contribution in [0.3, 0.4) is 0 Å². The van der Waals surface area contributed by atoms with E-state index in [0.29, 0.717) is 28.4 Å². The van der Waals surface area contributed by atoms with Crippen LogP contribution >= 0.6 is 0 Å². The van der Waals surface area contributed by atoms with E-state index < -0.39 is 52.8 Å². The SMILES string of the molecule is Nc1ccc(N=Nc2ccc(-c3ccc(N=Nc4c(S(=O)(=O)O)cc5cc(S(=O)(=O)O)c(N=Nc6ccccc6)c(O)c5c4N)cc3)cc2)c(N)c1.[Na].[Na]. The van der Waals surface area contributed by atoms with E-state index in [1.165, 1.54) is 0 Å². The second-order valence-corrected chi connectivity index (χ2v) is 13.9. The van der Waals surface area contributed by atoms with Gasteiger partial charge in [-0.05, 0) is 83.2 Å². The molecule has 0 amide bonds. The zero-order valence-electron chi connectivity index (χ0n) is 28.6. The summed E-state index contributed by atoms with van der Waals surface area (Å²) in [6.45, 7) is 0. The van der Waals surface area contributed by atoms with Crippen LogP contribution in [0.25, 0.3) is 21.9 Å². The zero-order chi connectivity index (χ0) is 37.2. The minimum atomic E-state index is -5.04. The maximum absolute atomic E-state index is 12.4. The van der Waals surface area contributed by atoms with Gasteiger partial charge >= 0.3 is 0 Å². The summed E-state index contributed by atoms with van der Waals surface area (Å²) in [6, 6.07) is 28.6. The summed E-state index contributed by atoms with van der Waals surface area (Å²) in [6.07, 6.45) is 0. The molecule has 0 spiro atoms. The van der Waals surface area contributed by atoms with Gasteiger partial charge in [-0.3, -0.25) is 9.11 Å². The van der Waals surface area contributed by atoms with E-state index in [9.17, 15) is 31.0 Å². The van der Waals surface area contributed by atoms with Crippen molar-refractivity contribution in [2.45, 2.75) is 9.79 Å². The number of benzene rings is 6. The third-order valence-corrected chi connectivity index (χ3v) is 9.28. The van der Waals surface area contributed by atoms with Crippen LogP contribution in [0.2, 0.25) is 0 Å². The Hall–Kier alpha value is -4.60. The van der Waals surface area contributed by atoms with E-state index in [1.54, 1.807) is 84.9 Å². The third kappa shape index (κ3) is 9.54. The first kappa shape index (κ1) is 42.1. The van der Waals surface area contributed by atoms with Gasteiger partial charge in [0.2, 0.25) is 0 Å². The van der Waals surface area contributed by atoms with E-state index in [4.69, 9.17) is 17.2 Å². The average molecular weight is 784 g/mol. The zero-order valence-corrected chi connectivity index (χ0v) is 34.2. The maximum Gasteiger partial charge on any atom is 0.296 e. The molecule has 0 aliphatic rings. The second-order valence-electron chi connectivity index (χ2n) is 11.1. The molecule has 0 atom stereocenters. The summed E-state index contributed by atoms with van der Waals surface area (Å²) < 4.78 is 69.4. The van der Waals surface area contributed by atoms with Crippen LogP contribution in [0.4, 0.5) is 51.2 Å². The van der Waals surface area contributed by atoms with Crippen LogP contribution in [0, 0.1) is 0 Å². The summed E-state index contributed by atoms with van der Waals surface area (Å²) >= 11 is 0. The van der Waals surface area contributed by atoms with E-state index >= 15 is 0 Å². The Morgan fingerprint density at radius 2 is 0.981 bits per heavy atom. The molecule has 6 aromatic carbocycles. The van der Waals surface area contributed by atoms with Gasteiger partial charge < -0.3 is 22.3 Å². The molecule has 2 radical (unpaired) electrons. The molecule has 0 aliphatic carbocycles. The Labute approximate surface area is 353 Å². The fourth-order valence-corrected chi connectivity index (χ4v) is 6.36. The van der Waals surface area contributed by atoms with E-state index in [2.05, 4.69) is 30.7 Å². The summed E-state index contributed by atoms with van der Waals surface area (Å²) in [7, 11) is -10.1. The Bertz CT molecular complexity index is 2660. The number of nitrogens with two attached hydrogens (primary N) is 3. The summed E-state index contributed by atoms with van der Waals surface area (Å²) in [5.74, 6) is -0.855. The molecule has 20 heteroatoms. The number of hydrogen-bond acceptors (Lipinski definition) is 14. The number of aromatic hydroxyl groups is 1. The second kappa shape index (κ2) is 17.2. The molecule has 0 saturated heterocycles. The molecule has 0 fully saturated rings. The van der Waals surface area contributed by atoms with Gasteiger partial charge in [-0.15, -0.1) is 15.3 Å². The predicted octanol–water partition coefficient (Wildman–Crippen LogP) is 7.94. The molecular weight excluding hydrogens is 757 g/mol. The normalized spacial score (nSPS) is 12.0. The molecule has 0 heterocycles. The summed E-state index contributed by atoms with van der Waals surface area (Å²) in [5, 5.41) is 34.8. The van der Waals surface area contributed by atoms with Crippen LogP contribution < -0.4 is 17.2 Å². The summed E-state index contributed by atoms with van der Waals surface area (Å²) in [4.78, 5) is -1.73. The van der Waals surface area contributed by atoms with Crippen LogP contribution in [0.15, 0.2) is 150 Å². The Morgan fingerprint density at radius 3 is 1.48 bits per heavy atom. The van der Waals surface area contributed by atoms with Crippen LogP contribution in [0.5, 0.6) is 5.75 Å². The minimum Gasteiger partial charge on any atom is -0.505 e. The van der Waals surface area contributed by atoms with Crippen molar-refractivity contribution in [1.82, 2.24) is 0 Å². The Kier molecular flexibility index (Phi) is 13.5. The molecule has 16 nitrogen and oxygen atoms in total. The predicted molar refractivity (Wildman–Crippen MR) is 207 cm³/mol. The quantitative estimate of drug-likeness (QED) is 0.0356.